The van der Waals surface area contributed by atoms with Crippen molar-refractivity contribution in [2.75, 3.05) is 7.11 Å². The molecule has 0 radical (unpaired) electrons. The standard InChI is InChI=1S/C15H21Cl2NO/c1-10-5-7-15(19-2,8-6-10)14(18)12-9-11(16)3-4-13(12)17/h3-4,9-10,14H,5-8,18H2,1-2H3. The Morgan fingerprint density at radius 3 is 2.53 bits per heavy atom. The third kappa shape index (κ3) is 3.08. The van der Waals surface area contributed by atoms with Crippen LogP contribution in [0.25, 0.3) is 0 Å². The van der Waals surface area contributed by atoms with Crippen LogP contribution in [0.5, 0.6) is 0 Å². The minimum atomic E-state index is -0.319. The van der Waals surface area contributed by atoms with Gasteiger partial charge >= 0.3 is 0 Å². The zero-order valence-corrected chi connectivity index (χ0v) is 13.0. The Morgan fingerprint density at radius 2 is 1.95 bits per heavy atom. The number of nitrogens with two attached hydrogens (primary N) is 1. The summed E-state index contributed by atoms with van der Waals surface area (Å²) in [4.78, 5) is 0. The summed E-state index contributed by atoms with van der Waals surface area (Å²) in [5, 5.41) is 1.32. The van der Waals surface area contributed by atoms with Crippen LogP contribution in [0.4, 0.5) is 0 Å². The molecule has 4 heteroatoms. The van der Waals surface area contributed by atoms with Gasteiger partial charge in [-0.2, -0.15) is 0 Å². The Hall–Kier alpha value is -0.280. The number of ether oxygens (including phenoxy) is 1. The van der Waals surface area contributed by atoms with Crippen LogP contribution in [0.1, 0.15) is 44.2 Å². The van der Waals surface area contributed by atoms with Crippen LogP contribution < -0.4 is 5.73 Å². The van der Waals surface area contributed by atoms with Crippen LogP contribution in [0.3, 0.4) is 0 Å². The third-order valence-electron chi connectivity index (χ3n) is 4.39. The third-order valence-corrected chi connectivity index (χ3v) is 4.97. The highest BCUT2D eigenvalue weighted by atomic mass is 35.5. The van der Waals surface area contributed by atoms with Gasteiger partial charge in [-0.1, -0.05) is 30.1 Å². The maximum atomic E-state index is 6.46. The first-order valence-corrected chi connectivity index (χ1v) is 7.50. The highest BCUT2D eigenvalue weighted by Gasteiger charge is 2.41. The molecule has 19 heavy (non-hydrogen) atoms. The second-order valence-corrected chi connectivity index (χ2v) is 6.44. The second-order valence-electron chi connectivity index (χ2n) is 5.59. The summed E-state index contributed by atoms with van der Waals surface area (Å²) < 4.78 is 5.81. The van der Waals surface area contributed by atoms with Crippen molar-refractivity contribution in [2.24, 2.45) is 11.7 Å². The Bertz CT molecular complexity index is 442. The van der Waals surface area contributed by atoms with Crippen molar-refractivity contribution in [3.8, 4) is 0 Å². The van der Waals surface area contributed by atoms with Crippen LogP contribution in [-0.4, -0.2) is 12.7 Å². The molecule has 1 unspecified atom stereocenters. The lowest BCUT2D eigenvalue weighted by Gasteiger charge is -2.42. The maximum Gasteiger partial charge on any atom is 0.0871 e. The predicted octanol–water partition coefficient (Wildman–Crippen LogP) is 4.59. The minimum absolute atomic E-state index is 0.240. The van der Waals surface area contributed by atoms with Crippen molar-refractivity contribution in [3.63, 3.8) is 0 Å². The Kier molecular flexibility index (Phi) is 4.78. The Balaban J connectivity index is 2.30. The first-order chi connectivity index (χ1) is 8.98. The molecule has 0 bridgehead atoms. The van der Waals surface area contributed by atoms with Gasteiger partial charge in [0.25, 0.3) is 0 Å². The summed E-state index contributed by atoms with van der Waals surface area (Å²) in [7, 11) is 1.74. The van der Waals surface area contributed by atoms with Crippen molar-refractivity contribution >= 4 is 23.2 Å². The van der Waals surface area contributed by atoms with Gasteiger partial charge in [-0.15, -0.1) is 0 Å². The summed E-state index contributed by atoms with van der Waals surface area (Å²) >= 11 is 12.3. The molecule has 0 aromatic heterocycles. The molecule has 0 heterocycles. The summed E-state index contributed by atoms with van der Waals surface area (Å²) in [5.41, 5.74) is 7.02. The minimum Gasteiger partial charge on any atom is -0.376 e. The van der Waals surface area contributed by atoms with E-state index >= 15 is 0 Å². The maximum absolute atomic E-state index is 6.46. The molecule has 0 aliphatic heterocycles. The van der Waals surface area contributed by atoms with Crippen LogP contribution in [0.15, 0.2) is 18.2 Å². The van der Waals surface area contributed by atoms with E-state index < -0.39 is 0 Å². The number of hydrogen-bond donors (Lipinski definition) is 1. The molecule has 106 valence electrons. The average Bonchev–Trinajstić information content (AvgIpc) is 2.42. The summed E-state index contributed by atoms with van der Waals surface area (Å²) in [6.45, 7) is 2.28. The lowest BCUT2D eigenvalue weighted by molar-refractivity contribution is -0.0671. The molecule has 1 aromatic carbocycles. The fourth-order valence-electron chi connectivity index (χ4n) is 2.93. The Labute approximate surface area is 125 Å². The summed E-state index contributed by atoms with van der Waals surface area (Å²) in [5.74, 6) is 0.741. The normalized spacial score (nSPS) is 29.2. The van der Waals surface area contributed by atoms with Crippen LogP contribution in [-0.2, 0) is 4.74 Å². The number of methoxy groups -OCH3 is 1. The fourth-order valence-corrected chi connectivity index (χ4v) is 3.34. The molecule has 2 N–H and O–H groups in total. The molecular weight excluding hydrogens is 281 g/mol. The molecule has 0 spiro atoms. The molecule has 0 saturated heterocycles. The summed E-state index contributed by atoms with van der Waals surface area (Å²) in [6, 6.07) is 5.19. The van der Waals surface area contributed by atoms with Crippen LogP contribution >= 0.6 is 23.2 Å². The smallest absolute Gasteiger partial charge is 0.0871 e. The quantitative estimate of drug-likeness (QED) is 0.886. The largest absolute Gasteiger partial charge is 0.376 e. The van der Waals surface area contributed by atoms with Crippen molar-refractivity contribution in [3.05, 3.63) is 33.8 Å². The van der Waals surface area contributed by atoms with E-state index in [-0.39, 0.29) is 11.6 Å². The van der Waals surface area contributed by atoms with E-state index in [2.05, 4.69) is 6.92 Å². The number of halogens is 2. The molecule has 1 aliphatic rings. The van der Waals surface area contributed by atoms with Crippen molar-refractivity contribution in [1.29, 1.82) is 0 Å². The van der Waals surface area contributed by atoms with E-state index in [0.29, 0.717) is 10.0 Å². The highest BCUT2D eigenvalue weighted by Crippen LogP contribution is 2.43. The second kappa shape index (κ2) is 6.01. The van der Waals surface area contributed by atoms with E-state index in [0.717, 1.165) is 37.2 Å². The SMILES string of the molecule is COC1(C(N)c2cc(Cl)ccc2Cl)CCC(C)CC1. The lowest BCUT2D eigenvalue weighted by Crippen LogP contribution is -2.45. The monoisotopic (exact) mass is 301 g/mol. The highest BCUT2D eigenvalue weighted by molar-refractivity contribution is 6.33. The van der Waals surface area contributed by atoms with Gasteiger partial charge in [0.15, 0.2) is 0 Å². The van der Waals surface area contributed by atoms with E-state index in [1.807, 2.05) is 6.07 Å². The Morgan fingerprint density at radius 1 is 1.32 bits per heavy atom. The van der Waals surface area contributed by atoms with E-state index in [9.17, 15) is 0 Å². The molecule has 1 saturated carbocycles. The van der Waals surface area contributed by atoms with E-state index in [1.165, 1.54) is 0 Å². The van der Waals surface area contributed by atoms with Crippen molar-refractivity contribution in [2.45, 2.75) is 44.2 Å². The predicted molar refractivity (Wildman–Crippen MR) is 80.8 cm³/mol. The first kappa shape index (κ1) is 15.1. The van der Waals surface area contributed by atoms with Crippen LogP contribution in [0.2, 0.25) is 10.0 Å². The topological polar surface area (TPSA) is 35.2 Å². The van der Waals surface area contributed by atoms with Gasteiger partial charge in [0.1, 0.15) is 0 Å². The zero-order chi connectivity index (χ0) is 14.0. The molecule has 2 rings (SSSR count). The van der Waals surface area contributed by atoms with Crippen molar-refractivity contribution < 1.29 is 4.74 Å². The van der Waals surface area contributed by atoms with Crippen LogP contribution in [0, 0.1) is 5.92 Å². The van der Waals surface area contributed by atoms with E-state index in [1.54, 1.807) is 19.2 Å². The molecule has 1 fully saturated rings. The van der Waals surface area contributed by atoms with E-state index in [4.69, 9.17) is 33.7 Å². The fraction of sp³-hybridized carbons (Fsp3) is 0.600. The van der Waals surface area contributed by atoms with Gasteiger partial charge in [0.2, 0.25) is 0 Å². The number of benzene rings is 1. The van der Waals surface area contributed by atoms with Gasteiger partial charge in [-0.3, -0.25) is 0 Å². The van der Waals surface area contributed by atoms with Gasteiger partial charge in [0.05, 0.1) is 11.6 Å². The number of rotatable bonds is 3. The van der Waals surface area contributed by atoms with Gasteiger partial charge in [-0.05, 0) is 55.4 Å². The number of hydrogen-bond acceptors (Lipinski definition) is 2. The molecule has 1 aromatic rings. The summed E-state index contributed by atoms with van der Waals surface area (Å²) in [6.07, 6.45) is 4.21. The molecule has 2 nitrogen and oxygen atoms in total. The molecule has 0 amide bonds. The molecule has 1 aliphatic carbocycles. The molecule has 1 atom stereocenters. The van der Waals surface area contributed by atoms with Crippen molar-refractivity contribution in [1.82, 2.24) is 0 Å². The average molecular weight is 302 g/mol. The van der Waals surface area contributed by atoms with Gasteiger partial charge < -0.3 is 10.5 Å². The first-order valence-electron chi connectivity index (χ1n) is 6.74. The lowest BCUT2D eigenvalue weighted by atomic mass is 9.74. The zero-order valence-electron chi connectivity index (χ0n) is 11.5. The van der Waals surface area contributed by atoms with Gasteiger partial charge in [0, 0.05) is 17.2 Å². The van der Waals surface area contributed by atoms with Gasteiger partial charge in [-0.25, -0.2) is 0 Å². The molecular formula is C15H21Cl2NO.